The molecule has 3 N–H and O–H groups in total. The normalized spacial score (nSPS) is 18.5. The van der Waals surface area contributed by atoms with E-state index in [4.69, 9.17) is 17.0 Å². The second-order valence-corrected chi connectivity index (χ2v) is 7.47. The highest BCUT2D eigenvalue weighted by atomic mass is 32.1. The minimum atomic E-state index is -0.516. The predicted molar refractivity (Wildman–Crippen MR) is 121 cm³/mol. The molecule has 1 aliphatic heterocycles. The molecule has 1 amide bonds. The molecule has 152 valence electrons. The van der Waals surface area contributed by atoms with Gasteiger partial charge in [-0.05, 0) is 48.5 Å². The molecule has 1 heterocycles. The van der Waals surface area contributed by atoms with Crippen molar-refractivity contribution in [2.75, 3.05) is 11.9 Å². The van der Waals surface area contributed by atoms with Crippen molar-refractivity contribution in [1.82, 2.24) is 10.6 Å². The van der Waals surface area contributed by atoms with Crippen LogP contribution in [-0.2, 0) is 4.79 Å². The van der Waals surface area contributed by atoms with Crippen LogP contribution in [0.4, 0.5) is 5.69 Å². The lowest BCUT2D eigenvalue weighted by atomic mass is 9.88. The lowest BCUT2D eigenvalue weighted by molar-refractivity contribution is -0.119. The highest BCUT2D eigenvalue weighted by Crippen LogP contribution is 2.31. The van der Waals surface area contributed by atoms with E-state index in [9.17, 15) is 4.79 Å². The van der Waals surface area contributed by atoms with Gasteiger partial charge in [0, 0.05) is 11.4 Å². The van der Waals surface area contributed by atoms with Gasteiger partial charge in [-0.2, -0.15) is 0 Å². The van der Waals surface area contributed by atoms with Gasteiger partial charge in [0.15, 0.2) is 5.11 Å². The molecule has 1 fully saturated rings. The van der Waals surface area contributed by atoms with E-state index in [1.54, 1.807) is 0 Å². The molecular formula is C23H27N3O2S. The number of carbonyl (C=O) groups is 1. The van der Waals surface area contributed by atoms with Gasteiger partial charge in [0.2, 0.25) is 5.91 Å². The third kappa shape index (κ3) is 5.57. The van der Waals surface area contributed by atoms with Crippen LogP contribution in [0.2, 0.25) is 0 Å². The van der Waals surface area contributed by atoms with Crippen LogP contribution in [0.1, 0.15) is 37.8 Å². The number of anilines is 1. The van der Waals surface area contributed by atoms with Crippen molar-refractivity contribution in [2.24, 2.45) is 5.92 Å². The number of nitrogens with one attached hydrogen (secondary N) is 3. The number of unbranched alkanes of at least 4 members (excludes halogenated alkanes) is 2. The van der Waals surface area contributed by atoms with Crippen LogP contribution in [0.15, 0.2) is 66.9 Å². The van der Waals surface area contributed by atoms with Gasteiger partial charge in [-0.15, -0.1) is 0 Å². The molecule has 1 saturated heterocycles. The zero-order chi connectivity index (χ0) is 20.6. The molecule has 5 nitrogen and oxygen atoms in total. The number of carbonyl (C=O) groups excluding carboxylic acids is 1. The summed E-state index contributed by atoms with van der Waals surface area (Å²) in [5.74, 6) is 0.164. The Bertz CT molecular complexity index is 852. The smallest absolute Gasteiger partial charge is 0.235 e. The molecule has 29 heavy (non-hydrogen) atoms. The molecule has 6 heteroatoms. The number of rotatable bonds is 8. The summed E-state index contributed by atoms with van der Waals surface area (Å²) in [4.78, 5) is 13.0. The van der Waals surface area contributed by atoms with Crippen LogP contribution < -0.4 is 20.7 Å². The van der Waals surface area contributed by atoms with E-state index in [1.807, 2.05) is 54.6 Å². The zero-order valence-corrected chi connectivity index (χ0v) is 17.4. The van der Waals surface area contributed by atoms with Crippen LogP contribution in [0.25, 0.3) is 0 Å². The fourth-order valence-corrected chi connectivity index (χ4v) is 3.58. The number of benzene rings is 2. The third-order valence-corrected chi connectivity index (χ3v) is 5.07. The minimum Gasteiger partial charge on any atom is -0.494 e. The molecule has 0 aliphatic carbocycles. The first-order valence-corrected chi connectivity index (χ1v) is 10.3. The molecule has 2 aromatic rings. The van der Waals surface area contributed by atoms with Gasteiger partial charge in [0.25, 0.3) is 0 Å². The molecule has 0 bridgehead atoms. The Morgan fingerprint density at radius 2 is 1.86 bits per heavy atom. The number of hydrogen-bond acceptors (Lipinski definition) is 3. The average molecular weight is 410 g/mol. The Hall–Kier alpha value is -2.86. The van der Waals surface area contributed by atoms with Crippen molar-refractivity contribution < 1.29 is 9.53 Å². The maximum Gasteiger partial charge on any atom is 0.235 e. The van der Waals surface area contributed by atoms with Gasteiger partial charge in [0.05, 0.1) is 12.6 Å². The SMILES string of the molecule is C=C1NC(=S)N[C@@H](c2ccc(OCCCCC)cc2)[C@@H]1C(=O)Nc1ccccc1. The lowest BCUT2D eigenvalue weighted by Crippen LogP contribution is -2.51. The predicted octanol–water partition coefficient (Wildman–Crippen LogP) is 4.54. The first-order chi connectivity index (χ1) is 14.1. The van der Waals surface area contributed by atoms with Crippen molar-refractivity contribution in [3.8, 4) is 5.75 Å². The molecule has 3 rings (SSSR count). The fraction of sp³-hybridized carbons (Fsp3) is 0.304. The van der Waals surface area contributed by atoms with Crippen molar-refractivity contribution in [3.05, 3.63) is 72.4 Å². The largest absolute Gasteiger partial charge is 0.494 e. The van der Waals surface area contributed by atoms with Crippen molar-refractivity contribution in [3.63, 3.8) is 0 Å². The fourth-order valence-electron chi connectivity index (χ4n) is 3.33. The highest BCUT2D eigenvalue weighted by Gasteiger charge is 2.36. The first-order valence-electron chi connectivity index (χ1n) is 9.93. The summed E-state index contributed by atoms with van der Waals surface area (Å²) in [5, 5.41) is 9.63. The summed E-state index contributed by atoms with van der Waals surface area (Å²) in [6, 6.07) is 16.9. The van der Waals surface area contributed by atoms with E-state index in [2.05, 4.69) is 29.5 Å². The topological polar surface area (TPSA) is 62.4 Å². The number of amides is 1. The molecule has 1 aliphatic rings. The molecule has 2 atom stereocenters. The molecule has 0 unspecified atom stereocenters. The van der Waals surface area contributed by atoms with Crippen LogP contribution in [0.3, 0.4) is 0 Å². The minimum absolute atomic E-state index is 0.145. The van der Waals surface area contributed by atoms with E-state index in [0.717, 1.165) is 29.8 Å². The monoisotopic (exact) mass is 409 g/mol. The second kappa shape index (κ2) is 10.1. The maximum atomic E-state index is 13.0. The van der Waals surface area contributed by atoms with E-state index < -0.39 is 5.92 Å². The maximum absolute atomic E-state index is 13.0. The van der Waals surface area contributed by atoms with Crippen LogP contribution in [0, 0.1) is 5.92 Å². The Kier molecular flexibility index (Phi) is 7.25. The molecule has 0 radical (unpaired) electrons. The quantitative estimate of drug-likeness (QED) is 0.441. The molecule has 0 aromatic heterocycles. The number of thiocarbonyl (C=S) groups is 1. The Morgan fingerprint density at radius 3 is 2.55 bits per heavy atom. The molecule has 0 saturated carbocycles. The number of ether oxygens (including phenoxy) is 1. The van der Waals surface area contributed by atoms with Crippen molar-refractivity contribution in [1.29, 1.82) is 0 Å². The Balaban J connectivity index is 1.74. The van der Waals surface area contributed by atoms with E-state index in [-0.39, 0.29) is 11.9 Å². The van der Waals surface area contributed by atoms with E-state index >= 15 is 0 Å². The highest BCUT2D eigenvalue weighted by molar-refractivity contribution is 7.80. The van der Waals surface area contributed by atoms with Gasteiger partial charge < -0.3 is 20.7 Å². The number of hydrogen-bond donors (Lipinski definition) is 3. The van der Waals surface area contributed by atoms with Gasteiger partial charge >= 0.3 is 0 Å². The zero-order valence-electron chi connectivity index (χ0n) is 16.6. The summed E-state index contributed by atoms with van der Waals surface area (Å²) in [6.07, 6.45) is 3.37. The van der Waals surface area contributed by atoms with Gasteiger partial charge in [-0.3, -0.25) is 4.79 Å². The molecule has 0 spiro atoms. The van der Waals surface area contributed by atoms with Gasteiger partial charge in [-0.1, -0.05) is 56.7 Å². The van der Waals surface area contributed by atoms with Crippen LogP contribution in [0.5, 0.6) is 5.75 Å². The summed E-state index contributed by atoms with van der Waals surface area (Å²) < 4.78 is 5.79. The number of para-hydroxylation sites is 1. The van der Waals surface area contributed by atoms with Crippen LogP contribution in [-0.4, -0.2) is 17.6 Å². The summed E-state index contributed by atoms with van der Waals surface area (Å²) in [7, 11) is 0. The second-order valence-electron chi connectivity index (χ2n) is 7.06. The van der Waals surface area contributed by atoms with Gasteiger partial charge in [0.1, 0.15) is 11.7 Å². The molecule has 2 aromatic carbocycles. The first kappa shape index (κ1) is 20.9. The van der Waals surface area contributed by atoms with E-state index in [1.165, 1.54) is 6.42 Å². The van der Waals surface area contributed by atoms with E-state index in [0.29, 0.717) is 17.4 Å². The Labute approximate surface area is 177 Å². The standard InChI is InChI=1S/C23H27N3O2S/c1-3-4-8-15-28-19-13-11-17(12-14-19)21-20(16(2)24-23(29)26-21)22(27)25-18-9-6-5-7-10-18/h5-7,9-14,20-21H,2-4,8,15H2,1H3,(H,25,27)(H2,24,26,29)/t20-,21+/m1/s1. The summed E-state index contributed by atoms with van der Waals surface area (Å²) >= 11 is 5.30. The Morgan fingerprint density at radius 1 is 1.14 bits per heavy atom. The van der Waals surface area contributed by atoms with Crippen LogP contribution >= 0.6 is 12.2 Å². The summed E-state index contributed by atoms with van der Waals surface area (Å²) in [5.41, 5.74) is 2.27. The molecular weight excluding hydrogens is 382 g/mol. The lowest BCUT2D eigenvalue weighted by Gasteiger charge is -2.35. The van der Waals surface area contributed by atoms with Gasteiger partial charge in [-0.25, -0.2) is 0 Å². The summed E-state index contributed by atoms with van der Waals surface area (Å²) in [6.45, 7) is 6.92. The third-order valence-electron chi connectivity index (χ3n) is 4.85. The average Bonchev–Trinajstić information content (AvgIpc) is 2.72. The van der Waals surface area contributed by atoms with Crippen molar-refractivity contribution in [2.45, 2.75) is 32.2 Å². The van der Waals surface area contributed by atoms with Crippen molar-refractivity contribution >= 4 is 28.9 Å².